The van der Waals surface area contributed by atoms with Gasteiger partial charge in [-0.1, -0.05) is 23.2 Å². The number of halogens is 2. The first kappa shape index (κ1) is 19.4. The Bertz CT molecular complexity index is 855. The van der Waals surface area contributed by atoms with E-state index >= 15 is 0 Å². The van der Waals surface area contributed by atoms with E-state index < -0.39 is 11.1 Å². The zero-order valence-electron chi connectivity index (χ0n) is 15.4. The van der Waals surface area contributed by atoms with Crippen LogP contribution in [0.2, 0.25) is 10.0 Å². The summed E-state index contributed by atoms with van der Waals surface area (Å²) in [4.78, 5) is 19.2. The lowest BCUT2D eigenvalue weighted by Gasteiger charge is -2.38. The molecule has 142 valence electrons. The maximum absolute atomic E-state index is 12.7. The summed E-state index contributed by atoms with van der Waals surface area (Å²) < 4.78 is 1.92. The van der Waals surface area contributed by atoms with Gasteiger partial charge >= 0.3 is 0 Å². The number of carbonyl (C=O) groups excluding carboxylic acids is 1. The zero-order valence-corrected chi connectivity index (χ0v) is 16.9. The van der Waals surface area contributed by atoms with E-state index in [1.807, 2.05) is 18.4 Å². The number of hydrogen-bond acceptors (Lipinski definition) is 4. The van der Waals surface area contributed by atoms with Gasteiger partial charge in [0.25, 0.3) is 0 Å². The third-order valence-electron chi connectivity index (χ3n) is 4.52. The molecule has 0 radical (unpaired) electrons. The molecule has 3 rings (SSSR count). The summed E-state index contributed by atoms with van der Waals surface area (Å²) in [6.07, 6.45) is 0. The Hall–Kier alpha value is -1.34. The van der Waals surface area contributed by atoms with Crippen LogP contribution in [0, 0.1) is 0 Å². The first-order valence-corrected chi connectivity index (χ1v) is 9.34. The predicted molar refractivity (Wildman–Crippen MR) is 104 cm³/mol. The lowest BCUT2D eigenvalue weighted by molar-refractivity contribution is -0.140. The van der Waals surface area contributed by atoms with Gasteiger partial charge in [0.05, 0.1) is 45.3 Å². The van der Waals surface area contributed by atoms with Crippen molar-refractivity contribution in [3.05, 3.63) is 28.0 Å². The Balaban J connectivity index is 2.04. The molecule has 1 amide bonds. The standard InChI is InChI=1S/C18H24Cl2N4O2/c1-17(2,26)10-24-14-8-12(20)11(19)7-13(14)22-15(24)9-23-6-5-21-18(3,4)16(23)25/h7-8,21,26H,5-6,9-10H2,1-4H3. The highest BCUT2D eigenvalue weighted by atomic mass is 35.5. The number of piperazine rings is 1. The number of hydrogen-bond donors (Lipinski definition) is 2. The lowest BCUT2D eigenvalue weighted by Crippen LogP contribution is -2.60. The van der Waals surface area contributed by atoms with E-state index in [9.17, 15) is 9.90 Å². The minimum atomic E-state index is -0.943. The molecule has 0 saturated carbocycles. The SMILES string of the molecule is CC(C)(O)Cn1c(CN2CCNC(C)(C)C2=O)nc2cc(Cl)c(Cl)cc21. The number of nitrogens with zero attached hydrogens (tertiary/aromatic N) is 3. The molecule has 26 heavy (non-hydrogen) atoms. The summed E-state index contributed by atoms with van der Waals surface area (Å²) in [7, 11) is 0. The van der Waals surface area contributed by atoms with Gasteiger partial charge < -0.3 is 19.9 Å². The minimum absolute atomic E-state index is 0.0293. The third-order valence-corrected chi connectivity index (χ3v) is 5.24. The van der Waals surface area contributed by atoms with Crippen molar-refractivity contribution in [1.82, 2.24) is 19.8 Å². The molecule has 0 unspecified atom stereocenters. The van der Waals surface area contributed by atoms with Crippen LogP contribution in [-0.4, -0.2) is 49.7 Å². The van der Waals surface area contributed by atoms with E-state index in [4.69, 9.17) is 23.2 Å². The number of imidazole rings is 1. The fourth-order valence-corrected chi connectivity index (χ4v) is 3.57. The van der Waals surface area contributed by atoms with Crippen molar-refractivity contribution in [1.29, 1.82) is 0 Å². The summed E-state index contributed by atoms with van der Waals surface area (Å²) in [5, 5.41) is 14.4. The average Bonchev–Trinajstić information content (AvgIpc) is 2.80. The van der Waals surface area contributed by atoms with Crippen molar-refractivity contribution >= 4 is 40.1 Å². The topological polar surface area (TPSA) is 70.4 Å². The molecule has 8 heteroatoms. The molecule has 1 aliphatic rings. The predicted octanol–water partition coefficient (Wildman–Crippen LogP) is 2.82. The molecular weight excluding hydrogens is 375 g/mol. The van der Waals surface area contributed by atoms with Crippen LogP contribution in [0.1, 0.15) is 33.5 Å². The van der Waals surface area contributed by atoms with Gasteiger partial charge in [0.2, 0.25) is 5.91 Å². The molecule has 6 nitrogen and oxygen atoms in total. The Morgan fingerprint density at radius 3 is 2.62 bits per heavy atom. The number of aliphatic hydroxyl groups is 1. The molecular formula is C18H24Cl2N4O2. The molecule has 0 spiro atoms. The summed E-state index contributed by atoms with van der Waals surface area (Å²) in [5.41, 5.74) is -0.0574. The molecule has 1 fully saturated rings. The van der Waals surface area contributed by atoms with E-state index in [-0.39, 0.29) is 5.91 Å². The first-order chi connectivity index (χ1) is 12.0. The quantitative estimate of drug-likeness (QED) is 0.830. The van der Waals surface area contributed by atoms with Crippen molar-refractivity contribution in [3.8, 4) is 0 Å². The first-order valence-electron chi connectivity index (χ1n) is 8.59. The summed E-state index contributed by atoms with van der Waals surface area (Å²) in [5.74, 6) is 0.730. The second-order valence-electron chi connectivity index (χ2n) is 7.96. The molecule has 1 saturated heterocycles. The van der Waals surface area contributed by atoms with Gasteiger partial charge in [0.1, 0.15) is 5.82 Å². The van der Waals surface area contributed by atoms with Crippen LogP contribution >= 0.6 is 23.2 Å². The normalized spacial score (nSPS) is 18.0. The molecule has 1 aromatic carbocycles. The Kier molecular flexibility index (Phi) is 4.99. The largest absolute Gasteiger partial charge is 0.389 e. The van der Waals surface area contributed by atoms with Gasteiger partial charge in [0, 0.05) is 13.1 Å². The Morgan fingerprint density at radius 1 is 1.31 bits per heavy atom. The molecule has 0 bridgehead atoms. The number of carbonyl (C=O) groups is 1. The van der Waals surface area contributed by atoms with Gasteiger partial charge in [-0.2, -0.15) is 0 Å². The highest BCUT2D eigenvalue weighted by Crippen LogP contribution is 2.30. The summed E-state index contributed by atoms with van der Waals surface area (Å²) in [6.45, 7) is 9.25. The number of rotatable bonds is 4. The van der Waals surface area contributed by atoms with Crippen LogP contribution in [0.15, 0.2) is 12.1 Å². The highest BCUT2D eigenvalue weighted by Gasteiger charge is 2.36. The Labute approximate surface area is 163 Å². The van der Waals surface area contributed by atoms with Crippen molar-refractivity contribution in [2.24, 2.45) is 0 Å². The van der Waals surface area contributed by atoms with E-state index in [2.05, 4.69) is 10.3 Å². The van der Waals surface area contributed by atoms with Crippen LogP contribution in [0.4, 0.5) is 0 Å². The van der Waals surface area contributed by atoms with Crippen LogP contribution < -0.4 is 5.32 Å². The molecule has 1 aromatic heterocycles. The van der Waals surface area contributed by atoms with Crippen LogP contribution in [0.3, 0.4) is 0 Å². The smallest absolute Gasteiger partial charge is 0.242 e. The second kappa shape index (κ2) is 6.68. The van der Waals surface area contributed by atoms with Gasteiger partial charge in [-0.05, 0) is 39.8 Å². The van der Waals surface area contributed by atoms with E-state index in [0.717, 1.165) is 12.1 Å². The summed E-state index contributed by atoms with van der Waals surface area (Å²) in [6, 6.07) is 3.47. The molecule has 2 heterocycles. The number of fused-ring (bicyclic) bond motifs is 1. The van der Waals surface area contributed by atoms with Crippen molar-refractivity contribution in [3.63, 3.8) is 0 Å². The van der Waals surface area contributed by atoms with Crippen molar-refractivity contribution in [2.45, 2.75) is 51.9 Å². The van der Waals surface area contributed by atoms with Crippen molar-refractivity contribution < 1.29 is 9.90 Å². The monoisotopic (exact) mass is 398 g/mol. The number of aromatic nitrogens is 2. The van der Waals surface area contributed by atoms with Gasteiger partial charge in [-0.3, -0.25) is 4.79 Å². The average molecular weight is 399 g/mol. The van der Waals surface area contributed by atoms with E-state index in [1.165, 1.54) is 0 Å². The molecule has 2 N–H and O–H groups in total. The van der Waals surface area contributed by atoms with E-state index in [0.29, 0.717) is 41.0 Å². The highest BCUT2D eigenvalue weighted by molar-refractivity contribution is 6.42. The summed E-state index contributed by atoms with van der Waals surface area (Å²) >= 11 is 12.3. The van der Waals surface area contributed by atoms with E-state index in [1.54, 1.807) is 30.9 Å². The van der Waals surface area contributed by atoms with Gasteiger partial charge in [-0.25, -0.2) is 4.98 Å². The third kappa shape index (κ3) is 3.83. The number of amides is 1. The van der Waals surface area contributed by atoms with Crippen LogP contribution in [-0.2, 0) is 17.9 Å². The number of nitrogens with one attached hydrogen (secondary N) is 1. The van der Waals surface area contributed by atoms with Gasteiger partial charge in [-0.15, -0.1) is 0 Å². The number of benzene rings is 1. The fraction of sp³-hybridized carbons (Fsp3) is 0.556. The van der Waals surface area contributed by atoms with Gasteiger partial charge in [0.15, 0.2) is 0 Å². The molecule has 0 atom stereocenters. The maximum Gasteiger partial charge on any atom is 0.242 e. The molecule has 0 aliphatic carbocycles. The minimum Gasteiger partial charge on any atom is -0.389 e. The van der Waals surface area contributed by atoms with Crippen LogP contribution in [0.5, 0.6) is 0 Å². The fourth-order valence-electron chi connectivity index (χ4n) is 3.25. The van der Waals surface area contributed by atoms with Crippen LogP contribution in [0.25, 0.3) is 11.0 Å². The zero-order chi connectivity index (χ0) is 19.3. The second-order valence-corrected chi connectivity index (χ2v) is 8.77. The maximum atomic E-state index is 12.7. The Morgan fingerprint density at radius 2 is 1.96 bits per heavy atom. The molecule has 2 aromatic rings. The lowest BCUT2D eigenvalue weighted by atomic mass is 10.0. The van der Waals surface area contributed by atoms with Crippen molar-refractivity contribution in [2.75, 3.05) is 13.1 Å². The molecule has 1 aliphatic heterocycles.